The second-order valence-electron chi connectivity index (χ2n) is 2.66. The van der Waals surface area contributed by atoms with Gasteiger partial charge >= 0.3 is 0 Å². The highest BCUT2D eigenvalue weighted by atomic mass is 15.0. The summed E-state index contributed by atoms with van der Waals surface area (Å²) in [4.78, 5) is 0. The van der Waals surface area contributed by atoms with E-state index in [0.29, 0.717) is 6.67 Å². The lowest BCUT2D eigenvalue weighted by molar-refractivity contribution is 0.586. The summed E-state index contributed by atoms with van der Waals surface area (Å²) in [6.45, 7) is 6.08. The molecule has 0 aromatic heterocycles. The van der Waals surface area contributed by atoms with Gasteiger partial charge in [0.2, 0.25) is 0 Å². The van der Waals surface area contributed by atoms with E-state index in [2.05, 4.69) is 17.6 Å². The van der Waals surface area contributed by atoms with Gasteiger partial charge in [-0.15, -0.1) is 0 Å². The Bertz CT molecular complexity index is 58.4. The van der Waals surface area contributed by atoms with Gasteiger partial charge in [0.15, 0.2) is 0 Å². The minimum absolute atomic E-state index is 0.592. The van der Waals surface area contributed by atoms with Gasteiger partial charge in [0.1, 0.15) is 0 Å². The van der Waals surface area contributed by atoms with E-state index in [4.69, 9.17) is 5.73 Å². The molecule has 4 N–H and O–H groups in total. The Labute approximate surface area is 69.7 Å². The quantitative estimate of drug-likeness (QED) is 0.352. The maximum absolute atomic E-state index is 5.26. The summed E-state index contributed by atoms with van der Waals surface area (Å²) in [6.07, 6.45) is 3.72. The van der Waals surface area contributed by atoms with Crippen LogP contribution in [0.15, 0.2) is 0 Å². The first-order valence-corrected chi connectivity index (χ1v) is 4.53. The highest BCUT2D eigenvalue weighted by Crippen LogP contribution is 1.82. The summed E-state index contributed by atoms with van der Waals surface area (Å²) in [7, 11) is 0. The first kappa shape index (κ1) is 10.9. The number of nitrogens with two attached hydrogens (primary N) is 1. The van der Waals surface area contributed by atoms with Crippen LogP contribution in [0, 0.1) is 0 Å². The topological polar surface area (TPSA) is 50.1 Å². The third kappa shape index (κ3) is 9.88. The van der Waals surface area contributed by atoms with Crippen molar-refractivity contribution in [3.63, 3.8) is 0 Å². The van der Waals surface area contributed by atoms with Crippen molar-refractivity contribution >= 4 is 0 Å². The zero-order chi connectivity index (χ0) is 8.36. The molecule has 0 spiro atoms. The van der Waals surface area contributed by atoms with Crippen molar-refractivity contribution in [2.24, 2.45) is 5.73 Å². The number of hydrogen-bond donors (Lipinski definition) is 3. The van der Waals surface area contributed by atoms with Crippen molar-refractivity contribution in [3.05, 3.63) is 0 Å². The van der Waals surface area contributed by atoms with Crippen LogP contribution in [0.1, 0.15) is 26.2 Å². The molecule has 11 heavy (non-hydrogen) atoms. The largest absolute Gasteiger partial charge is 0.318 e. The highest BCUT2D eigenvalue weighted by molar-refractivity contribution is 4.49. The van der Waals surface area contributed by atoms with Crippen LogP contribution in [0.25, 0.3) is 0 Å². The van der Waals surface area contributed by atoms with Gasteiger partial charge in [-0.25, -0.2) is 0 Å². The summed E-state index contributed by atoms with van der Waals surface area (Å²) in [6, 6.07) is 0. The molecule has 0 amide bonds. The van der Waals surface area contributed by atoms with Crippen molar-refractivity contribution in [1.82, 2.24) is 10.6 Å². The Balaban J connectivity index is 2.69. The molecule has 0 aliphatic rings. The Kier molecular flexibility index (Phi) is 9.77. The van der Waals surface area contributed by atoms with Gasteiger partial charge in [-0.3, -0.25) is 0 Å². The Hall–Kier alpha value is -0.120. The fourth-order valence-electron chi connectivity index (χ4n) is 0.867. The van der Waals surface area contributed by atoms with Crippen LogP contribution in [0.2, 0.25) is 0 Å². The maximum Gasteiger partial charge on any atom is 0.0428 e. The molecule has 0 bridgehead atoms. The third-order valence-corrected chi connectivity index (χ3v) is 1.56. The van der Waals surface area contributed by atoms with E-state index in [0.717, 1.165) is 19.6 Å². The first-order valence-electron chi connectivity index (χ1n) is 4.53. The Morgan fingerprint density at radius 1 is 1.00 bits per heavy atom. The Morgan fingerprint density at radius 3 is 2.27 bits per heavy atom. The first-order chi connectivity index (χ1) is 5.41. The average Bonchev–Trinajstić information content (AvgIpc) is 2.03. The van der Waals surface area contributed by atoms with Crippen molar-refractivity contribution < 1.29 is 0 Å². The molecule has 0 aliphatic carbocycles. The third-order valence-electron chi connectivity index (χ3n) is 1.56. The minimum atomic E-state index is 0.592. The van der Waals surface area contributed by atoms with Gasteiger partial charge in [0.25, 0.3) is 0 Å². The van der Waals surface area contributed by atoms with Gasteiger partial charge < -0.3 is 16.4 Å². The van der Waals surface area contributed by atoms with E-state index in [1.807, 2.05) is 0 Å². The molecule has 3 heteroatoms. The molecule has 0 heterocycles. The molecule has 68 valence electrons. The van der Waals surface area contributed by atoms with Gasteiger partial charge in [0, 0.05) is 6.67 Å². The van der Waals surface area contributed by atoms with Crippen LogP contribution in [0.3, 0.4) is 0 Å². The van der Waals surface area contributed by atoms with E-state index in [1.165, 1.54) is 19.3 Å². The van der Waals surface area contributed by atoms with Gasteiger partial charge in [-0.1, -0.05) is 13.3 Å². The lowest BCUT2D eigenvalue weighted by atomic mass is 10.3. The maximum atomic E-state index is 5.26. The van der Waals surface area contributed by atoms with E-state index in [-0.39, 0.29) is 0 Å². The molecule has 0 saturated heterocycles. The molecule has 0 saturated carbocycles. The van der Waals surface area contributed by atoms with E-state index in [1.54, 1.807) is 0 Å². The number of rotatable bonds is 8. The predicted molar refractivity (Wildman–Crippen MR) is 49.5 cm³/mol. The summed E-state index contributed by atoms with van der Waals surface area (Å²) in [5.74, 6) is 0. The molecular formula is C8H21N3. The van der Waals surface area contributed by atoms with E-state index >= 15 is 0 Å². The number of unbranched alkanes of at least 4 members (excludes halogenated alkanes) is 1. The zero-order valence-electron chi connectivity index (χ0n) is 7.53. The van der Waals surface area contributed by atoms with Crippen molar-refractivity contribution in [3.8, 4) is 0 Å². The van der Waals surface area contributed by atoms with E-state index < -0.39 is 0 Å². The van der Waals surface area contributed by atoms with E-state index in [9.17, 15) is 0 Å². The van der Waals surface area contributed by atoms with Crippen LogP contribution < -0.4 is 16.4 Å². The highest BCUT2D eigenvalue weighted by Gasteiger charge is 1.86. The lowest BCUT2D eigenvalue weighted by Crippen LogP contribution is -2.26. The fourth-order valence-corrected chi connectivity index (χ4v) is 0.867. The molecule has 0 rings (SSSR count). The molecule has 0 aliphatic heterocycles. The predicted octanol–water partition coefficient (Wildman–Crippen LogP) is 0.272. The number of nitrogens with one attached hydrogen (secondary N) is 2. The van der Waals surface area contributed by atoms with Gasteiger partial charge in [-0.05, 0) is 32.5 Å². The molecule has 0 unspecified atom stereocenters. The second-order valence-corrected chi connectivity index (χ2v) is 2.66. The monoisotopic (exact) mass is 159 g/mol. The average molecular weight is 159 g/mol. The molecule has 0 aromatic rings. The van der Waals surface area contributed by atoms with Crippen molar-refractivity contribution in [2.45, 2.75) is 26.2 Å². The molecule has 0 atom stereocenters. The molecule has 0 aromatic carbocycles. The summed E-state index contributed by atoms with van der Waals surface area (Å²) < 4.78 is 0. The van der Waals surface area contributed by atoms with Crippen molar-refractivity contribution in [1.29, 1.82) is 0 Å². The molecule has 3 nitrogen and oxygen atoms in total. The normalized spacial score (nSPS) is 10.4. The molecular weight excluding hydrogens is 138 g/mol. The van der Waals surface area contributed by atoms with Crippen molar-refractivity contribution in [2.75, 3.05) is 26.3 Å². The second kappa shape index (κ2) is 9.88. The lowest BCUT2D eigenvalue weighted by Gasteiger charge is -2.03. The fraction of sp³-hybridized carbons (Fsp3) is 1.00. The van der Waals surface area contributed by atoms with Gasteiger partial charge in [0.05, 0.1) is 0 Å². The van der Waals surface area contributed by atoms with Crippen LogP contribution in [0.4, 0.5) is 0 Å². The van der Waals surface area contributed by atoms with Crippen LogP contribution in [-0.2, 0) is 0 Å². The summed E-state index contributed by atoms with van der Waals surface area (Å²) >= 11 is 0. The molecule has 0 fully saturated rings. The standard InChI is InChI=1S/C8H21N3/c1-2-3-5-10-6-4-7-11-8-9/h10-11H,2-9H2,1H3. The minimum Gasteiger partial charge on any atom is -0.318 e. The zero-order valence-corrected chi connectivity index (χ0v) is 7.53. The summed E-state index contributed by atoms with van der Waals surface area (Å²) in [5.41, 5.74) is 5.26. The van der Waals surface area contributed by atoms with Crippen LogP contribution in [0.5, 0.6) is 0 Å². The SMILES string of the molecule is CCCCNCCCNCN. The Morgan fingerprint density at radius 2 is 1.64 bits per heavy atom. The van der Waals surface area contributed by atoms with Crippen LogP contribution >= 0.6 is 0 Å². The summed E-state index contributed by atoms with van der Waals surface area (Å²) in [5, 5.41) is 6.44. The number of hydrogen-bond acceptors (Lipinski definition) is 3. The molecule has 0 radical (unpaired) electrons. The van der Waals surface area contributed by atoms with Gasteiger partial charge in [-0.2, -0.15) is 0 Å². The van der Waals surface area contributed by atoms with Crippen LogP contribution in [-0.4, -0.2) is 26.3 Å². The smallest absolute Gasteiger partial charge is 0.0428 e.